The Labute approximate surface area is 107 Å². The van der Waals surface area contributed by atoms with E-state index in [0.29, 0.717) is 12.8 Å². The number of hydrogen-bond donors (Lipinski definition) is 2. The van der Waals surface area contributed by atoms with Gasteiger partial charge in [0, 0.05) is 6.42 Å². The third-order valence-electron chi connectivity index (χ3n) is 3.84. The number of rotatable bonds is 6. The molecule has 1 aliphatic carbocycles. The fourth-order valence-corrected chi connectivity index (χ4v) is 2.70. The van der Waals surface area contributed by atoms with Crippen LogP contribution in [0, 0.1) is 5.41 Å². The molecule has 0 aromatic carbocycles. The normalized spacial score (nSPS) is 21.3. The van der Waals surface area contributed by atoms with Gasteiger partial charge in [-0.3, -0.25) is 9.59 Å². The van der Waals surface area contributed by atoms with Crippen molar-refractivity contribution >= 4 is 11.9 Å². The van der Waals surface area contributed by atoms with Gasteiger partial charge in [-0.1, -0.05) is 19.8 Å². The lowest BCUT2D eigenvalue weighted by atomic mass is 9.74. The van der Waals surface area contributed by atoms with Crippen molar-refractivity contribution in [1.29, 1.82) is 0 Å². The fourth-order valence-electron chi connectivity index (χ4n) is 2.70. The van der Waals surface area contributed by atoms with Gasteiger partial charge >= 0.3 is 11.9 Å². The molecule has 18 heavy (non-hydrogen) atoms. The maximum atomic E-state index is 12.0. The molecule has 1 saturated carbocycles. The predicted octanol–water partition coefficient (Wildman–Crippen LogP) is 1.73. The van der Waals surface area contributed by atoms with Crippen molar-refractivity contribution in [1.82, 2.24) is 0 Å². The van der Waals surface area contributed by atoms with E-state index in [1.165, 1.54) is 0 Å². The number of hydrogen-bond acceptors (Lipinski definition) is 4. The lowest BCUT2D eigenvalue weighted by molar-refractivity contribution is -0.174. The average molecular weight is 258 g/mol. The van der Waals surface area contributed by atoms with Crippen molar-refractivity contribution in [3.05, 3.63) is 0 Å². The number of carboxylic acids is 1. The Morgan fingerprint density at radius 2 is 1.83 bits per heavy atom. The average Bonchev–Trinajstić information content (AvgIpc) is 2.73. The molecule has 0 aromatic heterocycles. The van der Waals surface area contributed by atoms with Crippen molar-refractivity contribution in [2.24, 2.45) is 5.41 Å². The molecule has 0 heterocycles. The van der Waals surface area contributed by atoms with Crippen molar-refractivity contribution in [2.45, 2.75) is 58.0 Å². The Kier molecular flexibility index (Phi) is 4.73. The van der Waals surface area contributed by atoms with Crippen LogP contribution in [0.2, 0.25) is 0 Å². The first kappa shape index (κ1) is 15.0. The molecule has 0 aromatic rings. The lowest BCUT2D eigenvalue weighted by Gasteiger charge is -2.33. The molecule has 1 aliphatic rings. The van der Waals surface area contributed by atoms with Crippen LogP contribution in [-0.4, -0.2) is 34.4 Å². The number of aliphatic carboxylic acids is 1. The summed E-state index contributed by atoms with van der Waals surface area (Å²) in [6.07, 6.45) is 2.94. The van der Waals surface area contributed by atoms with Gasteiger partial charge in [-0.15, -0.1) is 0 Å². The van der Waals surface area contributed by atoms with Gasteiger partial charge in [-0.05, 0) is 26.2 Å². The van der Waals surface area contributed by atoms with Gasteiger partial charge in [0.2, 0.25) is 0 Å². The van der Waals surface area contributed by atoms with Crippen LogP contribution in [0.3, 0.4) is 0 Å². The molecule has 0 bridgehead atoms. The van der Waals surface area contributed by atoms with Gasteiger partial charge < -0.3 is 14.9 Å². The number of carbonyl (C=O) groups excluding carboxylic acids is 1. The van der Waals surface area contributed by atoms with Crippen LogP contribution in [0.5, 0.6) is 0 Å². The second-order valence-corrected chi connectivity index (χ2v) is 5.07. The lowest BCUT2D eigenvalue weighted by Crippen LogP contribution is -2.46. The molecule has 5 nitrogen and oxygen atoms in total. The van der Waals surface area contributed by atoms with Gasteiger partial charge in [0.25, 0.3) is 0 Å². The van der Waals surface area contributed by atoms with Crippen molar-refractivity contribution in [2.75, 3.05) is 6.61 Å². The first-order valence-electron chi connectivity index (χ1n) is 6.53. The largest absolute Gasteiger partial charge is 0.480 e. The van der Waals surface area contributed by atoms with Crippen LogP contribution in [-0.2, 0) is 14.3 Å². The second kappa shape index (κ2) is 5.69. The summed E-state index contributed by atoms with van der Waals surface area (Å²) in [6, 6.07) is 0. The highest BCUT2D eigenvalue weighted by molar-refractivity contribution is 5.99. The summed E-state index contributed by atoms with van der Waals surface area (Å²) in [5.74, 6) is -1.94. The zero-order valence-corrected chi connectivity index (χ0v) is 11.1. The van der Waals surface area contributed by atoms with E-state index in [0.717, 1.165) is 12.8 Å². The van der Waals surface area contributed by atoms with Crippen LogP contribution < -0.4 is 0 Å². The Morgan fingerprint density at radius 3 is 2.22 bits per heavy atom. The first-order chi connectivity index (χ1) is 8.40. The van der Waals surface area contributed by atoms with E-state index in [9.17, 15) is 19.8 Å². The molecule has 1 fully saturated rings. The van der Waals surface area contributed by atoms with Crippen LogP contribution >= 0.6 is 0 Å². The molecule has 2 N–H and O–H groups in total. The van der Waals surface area contributed by atoms with E-state index in [1.54, 1.807) is 13.8 Å². The summed E-state index contributed by atoms with van der Waals surface area (Å²) in [7, 11) is 0. The third-order valence-corrected chi connectivity index (χ3v) is 3.84. The van der Waals surface area contributed by atoms with E-state index >= 15 is 0 Å². The quantitative estimate of drug-likeness (QED) is 0.560. The second-order valence-electron chi connectivity index (χ2n) is 5.07. The highest BCUT2D eigenvalue weighted by Crippen LogP contribution is 2.42. The van der Waals surface area contributed by atoms with Crippen LogP contribution in [0.15, 0.2) is 0 Å². The number of esters is 1. The summed E-state index contributed by atoms with van der Waals surface area (Å²) in [5, 5.41) is 19.7. The summed E-state index contributed by atoms with van der Waals surface area (Å²) >= 11 is 0. The Hall–Kier alpha value is -1.10. The molecule has 0 radical (unpaired) electrons. The zero-order valence-electron chi connectivity index (χ0n) is 11.1. The molecule has 104 valence electrons. The van der Waals surface area contributed by atoms with Gasteiger partial charge in [-0.25, -0.2) is 0 Å². The smallest absolute Gasteiger partial charge is 0.323 e. The molecule has 1 unspecified atom stereocenters. The summed E-state index contributed by atoms with van der Waals surface area (Å²) in [6.45, 7) is 3.43. The minimum absolute atomic E-state index is 0.0509. The van der Waals surface area contributed by atoms with Gasteiger partial charge in [0.05, 0.1) is 12.2 Å². The van der Waals surface area contributed by atoms with Gasteiger partial charge in [0.15, 0.2) is 5.41 Å². The van der Waals surface area contributed by atoms with E-state index in [2.05, 4.69) is 0 Å². The first-order valence-corrected chi connectivity index (χ1v) is 6.53. The monoisotopic (exact) mass is 258 g/mol. The summed E-state index contributed by atoms with van der Waals surface area (Å²) < 4.78 is 4.88. The molecular weight excluding hydrogens is 236 g/mol. The zero-order chi connectivity index (χ0) is 13.8. The molecule has 0 aliphatic heterocycles. The van der Waals surface area contributed by atoms with Crippen molar-refractivity contribution in [3.63, 3.8) is 0 Å². The standard InChI is InChI=1S/C13H22O5/c1-3-13(10(14)15,11(16)18-4-2)9-12(17)7-5-6-8-12/h17H,3-9H2,1-2H3,(H,14,15). The van der Waals surface area contributed by atoms with E-state index in [4.69, 9.17) is 4.74 Å². The predicted molar refractivity (Wildman–Crippen MR) is 65.0 cm³/mol. The minimum Gasteiger partial charge on any atom is -0.480 e. The van der Waals surface area contributed by atoms with E-state index in [1.807, 2.05) is 0 Å². The Balaban J connectivity index is 2.96. The molecule has 0 spiro atoms. The van der Waals surface area contributed by atoms with Crippen LogP contribution in [0.25, 0.3) is 0 Å². The van der Waals surface area contributed by atoms with E-state index < -0.39 is 23.0 Å². The maximum absolute atomic E-state index is 12.0. The van der Waals surface area contributed by atoms with E-state index in [-0.39, 0.29) is 19.4 Å². The fraction of sp³-hybridized carbons (Fsp3) is 0.846. The summed E-state index contributed by atoms with van der Waals surface area (Å²) in [4.78, 5) is 23.4. The molecule has 5 heteroatoms. The number of ether oxygens (including phenoxy) is 1. The van der Waals surface area contributed by atoms with Crippen molar-refractivity contribution < 1.29 is 24.5 Å². The van der Waals surface area contributed by atoms with Crippen molar-refractivity contribution in [3.8, 4) is 0 Å². The molecule has 1 atom stereocenters. The topological polar surface area (TPSA) is 83.8 Å². The number of carbonyl (C=O) groups is 2. The van der Waals surface area contributed by atoms with Gasteiger partial charge in [-0.2, -0.15) is 0 Å². The Bertz CT molecular complexity index is 319. The highest BCUT2D eigenvalue weighted by Gasteiger charge is 2.52. The van der Waals surface area contributed by atoms with Gasteiger partial charge in [0.1, 0.15) is 0 Å². The molecule has 0 amide bonds. The highest BCUT2D eigenvalue weighted by atomic mass is 16.5. The number of aliphatic hydroxyl groups is 1. The maximum Gasteiger partial charge on any atom is 0.323 e. The van der Waals surface area contributed by atoms with Crippen LogP contribution in [0.4, 0.5) is 0 Å². The SMILES string of the molecule is CCOC(=O)C(CC)(CC1(O)CCCC1)C(=O)O. The Morgan fingerprint density at radius 1 is 1.28 bits per heavy atom. The minimum atomic E-state index is -1.62. The molecule has 0 saturated heterocycles. The van der Waals surface area contributed by atoms with Crippen LogP contribution in [0.1, 0.15) is 52.4 Å². The third kappa shape index (κ3) is 2.83. The molecule has 1 rings (SSSR count). The molecular formula is C13H22O5. The number of carboxylic acid groups (broad SMARTS) is 1. The summed E-state index contributed by atoms with van der Waals surface area (Å²) in [5.41, 5.74) is -2.66.